The summed E-state index contributed by atoms with van der Waals surface area (Å²) < 4.78 is 5.58. The normalized spacial score (nSPS) is 23.5. The zero-order valence-electron chi connectivity index (χ0n) is 14.7. The second-order valence-corrected chi connectivity index (χ2v) is 7.74. The lowest BCUT2D eigenvalue weighted by atomic mass is 9.81. The van der Waals surface area contributed by atoms with Crippen molar-refractivity contribution in [2.45, 2.75) is 43.9 Å². The summed E-state index contributed by atoms with van der Waals surface area (Å²) >= 11 is 0. The van der Waals surface area contributed by atoms with Gasteiger partial charge in [-0.05, 0) is 38.7 Å². The van der Waals surface area contributed by atoms with Crippen LogP contribution in [0.5, 0.6) is 0 Å². The molecule has 1 N–H and O–H groups in total. The van der Waals surface area contributed by atoms with Crippen molar-refractivity contribution in [2.24, 2.45) is 0 Å². The Kier molecular flexibility index (Phi) is 3.38. The number of benzene rings is 1. The van der Waals surface area contributed by atoms with Crippen molar-refractivity contribution >= 4 is 16.8 Å². The lowest BCUT2D eigenvalue weighted by molar-refractivity contribution is 0.0616. The Bertz CT molecular complexity index is 973. The molecule has 1 atom stereocenters. The topological polar surface area (TPSA) is 87.9 Å². The number of carbonyl (C=O) groups excluding carboxylic acids is 1. The van der Waals surface area contributed by atoms with E-state index in [1.165, 1.54) is 0 Å². The van der Waals surface area contributed by atoms with E-state index in [2.05, 4.69) is 27.3 Å². The third-order valence-corrected chi connectivity index (χ3v) is 5.56. The van der Waals surface area contributed by atoms with Crippen LogP contribution >= 0.6 is 0 Å². The Morgan fingerprint density at radius 3 is 3.04 bits per heavy atom. The van der Waals surface area contributed by atoms with Crippen LogP contribution in [-0.2, 0) is 5.41 Å². The van der Waals surface area contributed by atoms with E-state index in [1.54, 1.807) is 0 Å². The number of aromatic nitrogens is 4. The van der Waals surface area contributed by atoms with Crippen molar-refractivity contribution in [1.29, 1.82) is 0 Å². The van der Waals surface area contributed by atoms with Crippen LogP contribution in [-0.4, -0.2) is 44.2 Å². The average molecular weight is 351 g/mol. The number of hydrogen-bond donors (Lipinski definition) is 1. The lowest BCUT2D eigenvalue weighted by Gasteiger charge is -2.37. The molecule has 1 saturated heterocycles. The number of para-hydroxylation sites is 1. The highest BCUT2D eigenvalue weighted by atomic mass is 16.5. The van der Waals surface area contributed by atoms with Crippen LogP contribution in [0.2, 0.25) is 0 Å². The number of likely N-dealkylation sites (tertiary alicyclic amines) is 1. The number of nitrogens with zero attached hydrogens (tertiary/aromatic N) is 4. The highest BCUT2D eigenvalue weighted by molar-refractivity contribution is 6.04. The second kappa shape index (κ2) is 5.65. The standard InChI is InChI=1S/C19H21N5O2/c1-19(18-20-16(23-26-18)12-7-8-12)9-4-10-24(11-19)17(25)15-13-5-2-3-6-14(13)21-22-15/h2-3,5-6,12H,4,7-11H2,1H3,(H,21,22)/t19-/m0/s1. The molecule has 0 spiro atoms. The van der Waals surface area contributed by atoms with Crippen LogP contribution in [0.15, 0.2) is 28.8 Å². The monoisotopic (exact) mass is 351 g/mol. The first kappa shape index (κ1) is 15.5. The number of H-pyrrole nitrogens is 1. The van der Waals surface area contributed by atoms with E-state index in [9.17, 15) is 4.79 Å². The molecule has 0 radical (unpaired) electrons. The minimum Gasteiger partial charge on any atom is -0.339 e. The molecule has 2 aliphatic rings. The molecular formula is C19H21N5O2. The molecule has 134 valence electrons. The molecule has 0 bridgehead atoms. The fourth-order valence-corrected chi connectivity index (χ4v) is 3.85. The summed E-state index contributed by atoms with van der Waals surface area (Å²) in [5.41, 5.74) is 1.05. The maximum atomic E-state index is 13.1. The number of rotatable bonds is 3. The second-order valence-electron chi connectivity index (χ2n) is 7.74. The molecule has 1 aliphatic carbocycles. The summed E-state index contributed by atoms with van der Waals surface area (Å²) in [6.45, 7) is 3.40. The number of piperidine rings is 1. The number of fused-ring (bicyclic) bond motifs is 1. The zero-order valence-corrected chi connectivity index (χ0v) is 14.7. The lowest BCUT2D eigenvalue weighted by Crippen LogP contribution is -2.47. The van der Waals surface area contributed by atoms with Gasteiger partial charge in [0.05, 0.1) is 10.9 Å². The van der Waals surface area contributed by atoms with Crippen LogP contribution in [0.1, 0.15) is 60.7 Å². The Hall–Kier alpha value is -2.70. The molecule has 1 aromatic carbocycles. The van der Waals surface area contributed by atoms with Gasteiger partial charge in [-0.2, -0.15) is 10.1 Å². The average Bonchev–Trinajstić information content (AvgIpc) is 3.22. The van der Waals surface area contributed by atoms with E-state index in [4.69, 9.17) is 4.52 Å². The summed E-state index contributed by atoms with van der Waals surface area (Å²) in [6.07, 6.45) is 4.13. The van der Waals surface area contributed by atoms with Gasteiger partial charge < -0.3 is 9.42 Å². The fourth-order valence-electron chi connectivity index (χ4n) is 3.85. The SMILES string of the molecule is C[C@]1(c2nc(C3CC3)no2)CCCN(C(=O)c2n[nH]c3ccccc23)C1. The summed E-state index contributed by atoms with van der Waals surface area (Å²) in [6, 6.07) is 7.71. The van der Waals surface area contributed by atoms with E-state index < -0.39 is 0 Å². The zero-order chi connectivity index (χ0) is 17.7. The van der Waals surface area contributed by atoms with Gasteiger partial charge in [0, 0.05) is 24.4 Å². The smallest absolute Gasteiger partial charge is 0.275 e. The van der Waals surface area contributed by atoms with Gasteiger partial charge in [0.25, 0.3) is 5.91 Å². The number of hydrogen-bond acceptors (Lipinski definition) is 5. The fraction of sp³-hybridized carbons (Fsp3) is 0.474. The Labute approximate surface area is 150 Å². The molecule has 5 rings (SSSR count). The van der Waals surface area contributed by atoms with Crippen molar-refractivity contribution in [2.75, 3.05) is 13.1 Å². The van der Waals surface area contributed by atoms with Crippen LogP contribution in [0, 0.1) is 0 Å². The molecule has 7 heteroatoms. The predicted molar refractivity (Wildman–Crippen MR) is 94.9 cm³/mol. The van der Waals surface area contributed by atoms with Crippen molar-refractivity contribution in [3.8, 4) is 0 Å². The first-order valence-corrected chi connectivity index (χ1v) is 9.20. The van der Waals surface area contributed by atoms with Gasteiger partial charge in [-0.15, -0.1) is 0 Å². The van der Waals surface area contributed by atoms with Gasteiger partial charge in [-0.1, -0.05) is 23.4 Å². The minimum atomic E-state index is -0.305. The molecule has 3 aromatic rings. The van der Waals surface area contributed by atoms with Crippen molar-refractivity contribution < 1.29 is 9.32 Å². The Morgan fingerprint density at radius 2 is 2.19 bits per heavy atom. The number of amides is 1. The minimum absolute atomic E-state index is 0.0460. The van der Waals surface area contributed by atoms with Gasteiger partial charge in [0.15, 0.2) is 11.5 Å². The van der Waals surface area contributed by atoms with Crippen molar-refractivity contribution in [3.05, 3.63) is 41.7 Å². The van der Waals surface area contributed by atoms with E-state index >= 15 is 0 Å². The van der Waals surface area contributed by atoms with E-state index in [1.807, 2.05) is 29.2 Å². The summed E-state index contributed by atoms with van der Waals surface area (Å²) in [5.74, 6) is 1.90. The van der Waals surface area contributed by atoms with Gasteiger partial charge in [0.1, 0.15) is 0 Å². The first-order chi connectivity index (χ1) is 12.6. The van der Waals surface area contributed by atoms with Crippen molar-refractivity contribution in [3.63, 3.8) is 0 Å². The number of nitrogens with one attached hydrogen (secondary N) is 1. The molecule has 3 heterocycles. The molecule has 1 amide bonds. The summed E-state index contributed by atoms with van der Waals surface area (Å²) in [7, 11) is 0. The van der Waals surface area contributed by atoms with Crippen molar-refractivity contribution in [1.82, 2.24) is 25.2 Å². The third kappa shape index (κ3) is 2.50. The summed E-state index contributed by atoms with van der Waals surface area (Å²) in [5, 5.41) is 12.2. The molecular weight excluding hydrogens is 330 g/mol. The Balaban J connectivity index is 1.41. The van der Waals surface area contributed by atoms with Gasteiger partial charge in [-0.3, -0.25) is 9.89 Å². The highest BCUT2D eigenvalue weighted by Crippen LogP contribution is 2.40. The number of carbonyl (C=O) groups is 1. The molecule has 1 aliphatic heterocycles. The quantitative estimate of drug-likeness (QED) is 0.784. The van der Waals surface area contributed by atoms with Crippen LogP contribution in [0.25, 0.3) is 10.9 Å². The van der Waals surface area contributed by atoms with Gasteiger partial charge >= 0.3 is 0 Å². The molecule has 0 unspecified atom stereocenters. The van der Waals surface area contributed by atoms with Crippen LogP contribution < -0.4 is 0 Å². The molecule has 26 heavy (non-hydrogen) atoms. The van der Waals surface area contributed by atoms with E-state index in [0.29, 0.717) is 24.0 Å². The Morgan fingerprint density at radius 1 is 1.35 bits per heavy atom. The highest BCUT2D eigenvalue weighted by Gasteiger charge is 2.41. The molecule has 2 fully saturated rings. The predicted octanol–water partition coefficient (Wildman–Crippen LogP) is 3.02. The third-order valence-electron chi connectivity index (χ3n) is 5.56. The maximum Gasteiger partial charge on any atom is 0.275 e. The molecule has 7 nitrogen and oxygen atoms in total. The van der Waals surface area contributed by atoms with E-state index in [0.717, 1.165) is 49.0 Å². The summed E-state index contributed by atoms with van der Waals surface area (Å²) in [4.78, 5) is 19.6. The maximum absolute atomic E-state index is 13.1. The molecule has 1 saturated carbocycles. The van der Waals surface area contributed by atoms with Crippen LogP contribution in [0.4, 0.5) is 0 Å². The molecule has 2 aromatic heterocycles. The van der Waals surface area contributed by atoms with Gasteiger partial charge in [-0.25, -0.2) is 0 Å². The van der Waals surface area contributed by atoms with Gasteiger partial charge in [0.2, 0.25) is 5.89 Å². The van der Waals surface area contributed by atoms with Crippen LogP contribution in [0.3, 0.4) is 0 Å². The van der Waals surface area contributed by atoms with E-state index in [-0.39, 0.29) is 11.3 Å². The number of aromatic amines is 1. The first-order valence-electron chi connectivity index (χ1n) is 9.20. The largest absolute Gasteiger partial charge is 0.339 e.